The first kappa shape index (κ1) is 7.79. The van der Waals surface area contributed by atoms with Crippen molar-refractivity contribution in [3.63, 3.8) is 0 Å². The highest BCUT2D eigenvalue weighted by molar-refractivity contribution is 6.00. The number of nitrogens with one attached hydrogen (secondary N) is 1. The Balaban J connectivity index is 2.51. The molecule has 1 radical (unpaired) electrons. The lowest BCUT2D eigenvalue weighted by atomic mass is 10.2. The van der Waals surface area contributed by atoms with Crippen LogP contribution in [-0.4, -0.2) is 24.3 Å². The zero-order chi connectivity index (χ0) is 9.26. The summed E-state index contributed by atoms with van der Waals surface area (Å²) in [6.07, 6.45) is 2.66. The molecule has 13 heavy (non-hydrogen) atoms. The minimum atomic E-state index is -0.160. The van der Waals surface area contributed by atoms with Gasteiger partial charge in [0.1, 0.15) is 0 Å². The van der Waals surface area contributed by atoms with Crippen molar-refractivity contribution >= 4 is 17.9 Å². The van der Waals surface area contributed by atoms with Crippen molar-refractivity contribution in [2.45, 2.75) is 0 Å². The third-order valence-electron chi connectivity index (χ3n) is 1.74. The van der Waals surface area contributed by atoms with Gasteiger partial charge in [-0.25, -0.2) is 4.99 Å². The number of fused-ring (bicyclic) bond motifs is 1. The molecule has 1 amide bonds. The molecule has 0 aliphatic carbocycles. The first-order valence-electron chi connectivity index (χ1n) is 3.87. The van der Waals surface area contributed by atoms with Crippen molar-refractivity contribution in [3.05, 3.63) is 29.8 Å². The topological polar surface area (TPSA) is 44.7 Å². The summed E-state index contributed by atoms with van der Waals surface area (Å²) in [4.78, 5) is 15.5. The van der Waals surface area contributed by atoms with Crippen LogP contribution in [0.3, 0.4) is 0 Å². The summed E-state index contributed by atoms with van der Waals surface area (Å²) in [6, 6.07) is 7.15. The lowest BCUT2D eigenvalue weighted by molar-refractivity contribution is 0.0893. The number of carbonyl (C=O) groups excluding carboxylic acids is 1. The Morgan fingerprint density at radius 3 is 3.08 bits per heavy atom. The van der Waals surface area contributed by atoms with E-state index in [1.54, 1.807) is 25.2 Å². The number of amides is 1. The Bertz CT molecular complexity index is 373. The van der Waals surface area contributed by atoms with Gasteiger partial charge >= 0.3 is 0 Å². The molecule has 0 saturated carbocycles. The van der Waals surface area contributed by atoms with E-state index in [-0.39, 0.29) is 5.91 Å². The van der Waals surface area contributed by atoms with Gasteiger partial charge in [0.15, 0.2) is 6.34 Å². The molecule has 65 valence electrons. The molecule has 1 heterocycles. The second-order valence-corrected chi connectivity index (χ2v) is 2.73. The molecule has 4 heteroatoms. The number of carbonyl (C=O) groups is 1. The van der Waals surface area contributed by atoms with Crippen molar-refractivity contribution < 1.29 is 4.79 Å². The van der Waals surface area contributed by atoms with Crippen molar-refractivity contribution in [2.75, 3.05) is 7.05 Å². The van der Waals surface area contributed by atoms with Gasteiger partial charge in [-0.15, -0.1) is 0 Å². The summed E-state index contributed by atoms with van der Waals surface area (Å²) in [5.74, 6) is -0.160. The van der Waals surface area contributed by atoms with E-state index >= 15 is 0 Å². The van der Waals surface area contributed by atoms with Crippen molar-refractivity contribution in [2.24, 2.45) is 4.99 Å². The third-order valence-corrected chi connectivity index (χ3v) is 1.74. The zero-order valence-electron chi connectivity index (χ0n) is 7.11. The summed E-state index contributed by atoms with van der Waals surface area (Å²) in [7, 11) is 1.67. The minimum Gasteiger partial charge on any atom is -0.268 e. The SMILES string of the molecule is CN1[C]=Nc2ccccc2C(=O)N1. The second kappa shape index (κ2) is 2.90. The van der Waals surface area contributed by atoms with E-state index in [0.717, 1.165) is 0 Å². The molecule has 1 aromatic carbocycles. The predicted octanol–water partition coefficient (Wildman–Crippen LogP) is 0.814. The van der Waals surface area contributed by atoms with Gasteiger partial charge in [0.2, 0.25) is 0 Å². The average molecular weight is 174 g/mol. The fourth-order valence-electron chi connectivity index (χ4n) is 1.13. The number of hydrogen-bond donors (Lipinski definition) is 1. The Morgan fingerprint density at radius 2 is 2.23 bits per heavy atom. The van der Waals surface area contributed by atoms with E-state index in [0.29, 0.717) is 11.3 Å². The van der Waals surface area contributed by atoms with Gasteiger partial charge in [-0.3, -0.25) is 15.2 Å². The normalized spacial score (nSPS) is 14.8. The molecule has 0 spiro atoms. The van der Waals surface area contributed by atoms with E-state index < -0.39 is 0 Å². The molecular weight excluding hydrogens is 166 g/mol. The molecule has 0 fully saturated rings. The van der Waals surface area contributed by atoms with E-state index in [1.807, 2.05) is 6.07 Å². The number of benzene rings is 1. The molecule has 2 rings (SSSR count). The predicted molar refractivity (Wildman–Crippen MR) is 48.8 cm³/mol. The average Bonchev–Trinajstić information content (AvgIpc) is 2.27. The molecule has 0 atom stereocenters. The summed E-state index contributed by atoms with van der Waals surface area (Å²) in [6.45, 7) is 0. The van der Waals surface area contributed by atoms with Gasteiger partial charge in [-0.1, -0.05) is 12.1 Å². The highest BCUT2D eigenvalue weighted by atomic mass is 16.2. The van der Waals surface area contributed by atoms with Crippen LogP contribution in [0.5, 0.6) is 0 Å². The summed E-state index contributed by atoms with van der Waals surface area (Å²) < 4.78 is 0. The summed E-state index contributed by atoms with van der Waals surface area (Å²) in [5, 5.41) is 1.41. The first-order valence-corrected chi connectivity index (χ1v) is 3.87. The van der Waals surface area contributed by atoms with E-state index in [2.05, 4.69) is 16.8 Å². The quantitative estimate of drug-likeness (QED) is 0.632. The molecule has 0 aromatic heterocycles. The fourth-order valence-corrected chi connectivity index (χ4v) is 1.13. The molecule has 1 aliphatic heterocycles. The largest absolute Gasteiger partial charge is 0.272 e. The van der Waals surface area contributed by atoms with Crippen LogP contribution in [0.25, 0.3) is 0 Å². The second-order valence-electron chi connectivity index (χ2n) is 2.73. The number of hydrazine groups is 1. The van der Waals surface area contributed by atoms with Crippen molar-refractivity contribution in [1.82, 2.24) is 10.4 Å². The lowest BCUT2D eigenvalue weighted by Crippen LogP contribution is -2.36. The Kier molecular flexibility index (Phi) is 1.73. The first-order chi connectivity index (χ1) is 6.27. The Labute approximate surface area is 75.9 Å². The zero-order valence-corrected chi connectivity index (χ0v) is 7.11. The van der Waals surface area contributed by atoms with Crippen LogP contribution < -0.4 is 5.43 Å². The molecular formula is C9H8N3O. The highest BCUT2D eigenvalue weighted by Crippen LogP contribution is 2.19. The van der Waals surface area contributed by atoms with Crippen molar-refractivity contribution in [1.29, 1.82) is 0 Å². The van der Waals surface area contributed by atoms with Crippen LogP contribution in [0.2, 0.25) is 0 Å². The van der Waals surface area contributed by atoms with Crippen LogP contribution in [0.1, 0.15) is 10.4 Å². The molecule has 0 bridgehead atoms. The van der Waals surface area contributed by atoms with E-state index in [4.69, 9.17) is 0 Å². The molecule has 0 saturated heterocycles. The molecule has 1 aliphatic rings. The molecule has 4 nitrogen and oxygen atoms in total. The van der Waals surface area contributed by atoms with Crippen molar-refractivity contribution in [3.8, 4) is 0 Å². The fraction of sp³-hybridized carbons (Fsp3) is 0.111. The van der Waals surface area contributed by atoms with Gasteiger partial charge in [-0.2, -0.15) is 0 Å². The van der Waals surface area contributed by atoms with Crippen LogP contribution in [0, 0.1) is 0 Å². The lowest BCUT2D eigenvalue weighted by Gasteiger charge is -2.09. The maximum atomic E-state index is 11.5. The highest BCUT2D eigenvalue weighted by Gasteiger charge is 2.13. The smallest absolute Gasteiger partial charge is 0.268 e. The number of rotatable bonds is 0. The van der Waals surface area contributed by atoms with Crippen LogP contribution in [-0.2, 0) is 0 Å². The minimum absolute atomic E-state index is 0.160. The van der Waals surface area contributed by atoms with Gasteiger partial charge in [0.05, 0.1) is 11.3 Å². The van der Waals surface area contributed by atoms with Gasteiger partial charge in [0.25, 0.3) is 5.91 Å². The molecule has 1 aromatic rings. The van der Waals surface area contributed by atoms with Gasteiger partial charge in [-0.05, 0) is 12.1 Å². The van der Waals surface area contributed by atoms with Gasteiger partial charge in [0, 0.05) is 7.05 Å². The van der Waals surface area contributed by atoms with Crippen LogP contribution in [0.15, 0.2) is 29.3 Å². The van der Waals surface area contributed by atoms with Crippen LogP contribution in [0.4, 0.5) is 5.69 Å². The number of hydrogen-bond acceptors (Lipinski definition) is 3. The summed E-state index contributed by atoms with van der Waals surface area (Å²) in [5.41, 5.74) is 3.80. The molecule has 1 N–H and O–H groups in total. The number of nitrogens with zero attached hydrogens (tertiary/aromatic N) is 2. The maximum absolute atomic E-state index is 11.5. The van der Waals surface area contributed by atoms with E-state index in [9.17, 15) is 4.79 Å². The summed E-state index contributed by atoms with van der Waals surface area (Å²) >= 11 is 0. The third kappa shape index (κ3) is 1.38. The molecule has 0 unspecified atom stereocenters. The Hall–Kier alpha value is -1.84. The monoisotopic (exact) mass is 174 g/mol. The Morgan fingerprint density at radius 1 is 1.46 bits per heavy atom. The number of aliphatic imine (C=N–C) groups is 1. The standard InChI is InChI=1S/C9H8N3O/c1-12-6-10-8-5-3-2-4-7(8)9(13)11-12/h2-5H,1H3,(H,11,13). The van der Waals surface area contributed by atoms with E-state index in [1.165, 1.54) is 5.01 Å². The van der Waals surface area contributed by atoms with Crippen LogP contribution >= 0.6 is 0 Å². The number of para-hydroxylation sites is 1. The maximum Gasteiger partial charge on any atom is 0.272 e. The van der Waals surface area contributed by atoms with Gasteiger partial charge < -0.3 is 0 Å².